The van der Waals surface area contributed by atoms with Crippen molar-refractivity contribution >= 4 is 11.8 Å². The molecule has 6 heteroatoms. The number of phenols is 2. The molecule has 0 spiro atoms. The average Bonchev–Trinajstić information content (AvgIpc) is 3.28. The van der Waals surface area contributed by atoms with E-state index < -0.39 is 0 Å². The molecule has 34 heavy (non-hydrogen) atoms. The maximum atomic E-state index is 10.1. The van der Waals surface area contributed by atoms with Crippen LogP contribution < -0.4 is 9.47 Å². The molecule has 0 aromatic heterocycles. The maximum absolute atomic E-state index is 10.1. The van der Waals surface area contributed by atoms with Gasteiger partial charge < -0.3 is 19.7 Å². The molecule has 5 rings (SSSR count). The molecule has 3 aromatic rings. The van der Waals surface area contributed by atoms with Crippen molar-refractivity contribution in [2.45, 2.75) is 55.0 Å². The first kappa shape index (κ1) is 22.9. The van der Waals surface area contributed by atoms with Crippen molar-refractivity contribution in [3.63, 3.8) is 0 Å². The molecule has 2 N–H and O–H groups in total. The number of fused-ring (bicyclic) bond motifs is 1. The number of nitrogens with zero attached hydrogens (tertiary/aromatic N) is 1. The lowest BCUT2D eigenvalue weighted by Gasteiger charge is -2.34. The minimum Gasteiger partial charge on any atom is -0.508 e. The van der Waals surface area contributed by atoms with Gasteiger partial charge in [0.05, 0.1) is 10.1 Å². The molecule has 5 nitrogen and oxygen atoms in total. The molecule has 0 unspecified atom stereocenters. The van der Waals surface area contributed by atoms with Crippen LogP contribution in [0, 0.1) is 0 Å². The molecule has 178 valence electrons. The lowest BCUT2D eigenvalue weighted by Crippen LogP contribution is -2.39. The Morgan fingerprint density at radius 2 is 1.82 bits per heavy atom. The molecule has 4 atom stereocenters. The first-order valence-electron chi connectivity index (χ1n) is 11.9. The smallest absolute Gasteiger partial charge is 0.140 e. The van der Waals surface area contributed by atoms with Gasteiger partial charge in [0.1, 0.15) is 35.7 Å². The van der Waals surface area contributed by atoms with Gasteiger partial charge in [-0.25, -0.2) is 0 Å². The third kappa shape index (κ3) is 4.84. The summed E-state index contributed by atoms with van der Waals surface area (Å²) in [6.07, 6.45) is 2.28. The molecule has 0 amide bonds. The molecular formula is C28H31NO4S. The number of thioether (sulfide) groups is 1. The van der Waals surface area contributed by atoms with E-state index in [1.54, 1.807) is 36.0 Å². The fraction of sp³-hybridized carbons (Fsp3) is 0.357. The van der Waals surface area contributed by atoms with Crippen LogP contribution in [0.1, 0.15) is 49.2 Å². The van der Waals surface area contributed by atoms with Crippen LogP contribution in [-0.4, -0.2) is 40.3 Å². The second-order valence-electron chi connectivity index (χ2n) is 9.26. The van der Waals surface area contributed by atoms with Crippen molar-refractivity contribution in [2.24, 2.45) is 0 Å². The van der Waals surface area contributed by atoms with Crippen LogP contribution in [0.25, 0.3) is 0 Å². The second kappa shape index (κ2) is 9.80. The predicted molar refractivity (Wildman–Crippen MR) is 135 cm³/mol. The fourth-order valence-corrected chi connectivity index (χ4v) is 6.26. The van der Waals surface area contributed by atoms with Gasteiger partial charge in [-0.3, -0.25) is 4.90 Å². The summed E-state index contributed by atoms with van der Waals surface area (Å²) in [5, 5.41) is 19.9. The average molecular weight is 478 g/mol. The van der Waals surface area contributed by atoms with Crippen LogP contribution in [0.4, 0.5) is 0 Å². The summed E-state index contributed by atoms with van der Waals surface area (Å²) in [7, 11) is 0. The Hall–Kier alpha value is -2.83. The topological polar surface area (TPSA) is 62.2 Å². The van der Waals surface area contributed by atoms with Crippen LogP contribution >= 0.6 is 11.8 Å². The van der Waals surface area contributed by atoms with Crippen LogP contribution in [0.3, 0.4) is 0 Å². The van der Waals surface area contributed by atoms with Crippen LogP contribution in [-0.2, 0) is 0 Å². The lowest BCUT2D eigenvalue weighted by atomic mass is 10.00. The Bertz CT molecular complexity index is 1140. The van der Waals surface area contributed by atoms with Gasteiger partial charge in [-0.15, -0.1) is 11.8 Å². The Morgan fingerprint density at radius 3 is 2.56 bits per heavy atom. The van der Waals surface area contributed by atoms with Gasteiger partial charge in [0.25, 0.3) is 0 Å². The summed E-state index contributed by atoms with van der Waals surface area (Å²) >= 11 is 1.64. The monoisotopic (exact) mass is 477 g/mol. The van der Waals surface area contributed by atoms with E-state index in [1.165, 1.54) is 12.8 Å². The normalized spacial score (nSPS) is 23.2. The number of aromatic hydroxyl groups is 2. The van der Waals surface area contributed by atoms with E-state index in [2.05, 4.69) is 30.9 Å². The number of phenolic OH excluding ortho intramolecular Hbond substituents is 2. The quantitative estimate of drug-likeness (QED) is 0.433. The number of hydrogen-bond donors (Lipinski definition) is 2. The number of rotatable bonds is 6. The minimum absolute atomic E-state index is 0.0788. The third-order valence-corrected chi connectivity index (χ3v) is 8.13. The molecule has 2 aliphatic rings. The van der Waals surface area contributed by atoms with Crippen LogP contribution in [0.5, 0.6) is 23.0 Å². The largest absolute Gasteiger partial charge is 0.508 e. The van der Waals surface area contributed by atoms with E-state index in [1.807, 2.05) is 30.3 Å². The number of benzene rings is 3. The van der Waals surface area contributed by atoms with Crippen molar-refractivity contribution in [3.8, 4) is 23.0 Å². The summed E-state index contributed by atoms with van der Waals surface area (Å²) in [5.41, 5.74) is 2.01. The standard InChI is InChI=1S/C28H31NO4S/c1-18-5-4-14-29(18)19(2)17-32-24-11-8-20(9-12-24)27-28(21-6-3-7-22(30)15-21)34-26-16-23(31)10-13-25(26)33-27/h3,6-13,15-16,18-19,27-28,30-31H,4-5,14,17H2,1-2H3/t18-,19-,27-,28+/m0/s1. The summed E-state index contributed by atoms with van der Waals surface area (Å²) in [5.74, 6) is 2.04. The van der Waals surface area contributed by atoms with E-state index >= 15 is 0 Å². The minimum atomic E-state index is -0.248. The summed E-state index contributed by atoms with van der Waals surface area (Å²) < 4.78 is 12.6. The molecule has 3 aromatic carbocycles. The zero-order valence-corrected chi connectivity index (χ0v) is 20.4. The van der Waals surface area contributed by atoms with Gasteiger partial charge in [0.2, 0.25) is 0 Å². The molecule has 2 aliphatic heterocycles. The van der Waals surface area contributed by atoms with E-state index in [0.29, 0.717) is 18.7 Å². The van der Waals surface area contributed by atoms with Crippen molar-refractivity contribution in [3.05, 3.63) is 77.9 Å². The zero-order chi connectivity index (χ0) is 23.7. The zero-order valence-electron chi connectivity index (χ0n) is 19.6. The predicted octanol–water partition coefficient (Wildman–Crippen LogP) is 6.32. The van der Waals surface area contributed by atoms with E-state index in [0.717, 1.165) is 34.1 Å². The van der Waals surface area contributed by atoms with Crippen molar-refractivity contribution in [2.75, 3.05) is 13.2 Å². The Labute approximate surface area is 205 Å². The van der Waals surface area contributed by atoms with Gasteiger partial charge in [-0.05, 0) is 86.8 Å². The van der Waals surface area contributed by atoms with E-state index in [9.17, 15) is 10.2 Å². The van der Waals surface area contributed by atoms with Gasteiger partial charge >= 0.3 is 0 Å². The second-order valence-corrected chi connectivity index (χ2v) is 10.4. The van der Waals surface area contributed by atoms with E-state index in [4.69, 9.17) is 9.47 Å². The number of likely N-dealkylation sites (tertiary alicyclic amines) is 1. The van der Waals surface area contributed by atoms with Gasteiger partial charge in [-0.1, -0.05) is 24.3 Å². The number of ether oxygens (including phenoxy) is 2. The Balaban J connectivity index is 1.35. The molecule has 0 bridgehead atoms. The maximum Gasteiger partial charge on any atom is 0.140 e. The lowest BCUT2D eigenvalue weighted by molar-refractivity contribution is 0.141. The van der Waals surface area contributed by atoms with Crippen molar-refractivity contribution in [1.82, 2.24) is 4.90 Å². The first-order valence-corrected chi connectivity index (χ1v) is 12.8. The highest BCUT2D eigenvalue weighted by Crippen LogP contribution is 2.54. The van der Waals surface area contributed by atoms with Crippen molar-refractivity contribution < 1.29 is 19.7 Å². The highest BCUT2D eigenvalue weighted by Gasteiger charge is 2.34. The number of hydrogen-bond acceptors (Lipinski definition) is 6. The molecule has 1 saturated heterocycles. The van der Waals surface area contributed by atoms with Gasteiger partial charge in [0.15, 0.2) is 0 Å². The highest BCUT2D eigenvalue weighted by atomic mass is 32.2. The first-order chi connectivity index (χ1) is 16.5. The molecule has 2 heterocycles. The molecular weight excluding hydrogens is 446 g/mol. The summed E-state index contributed by atoms with van der Waals surface area (Å²) in [6.45, 7) is 6.35. The highest BCUT2D eigenvalue weighted by molar-refractivity contribution is 7.99. The van der Waals surface area contributed by atoms with Gasteiger partial charge in [-0.2, -0.15) is 0 Å². The van der Waals surface area contributed by atoms with Gasteiger partial charge in [0, 0.05) is 12.1 Å². The molecule has 1 fully saturated rings. The molecule has 0 aliphatic carbocycles. The molecule has 0 radical (unpaired) electrons. The van der Waals surface area contributed by atoms with E-state index in [-0.39, 0.29) is 22.9 Å². The van der Waals surface area contributed by atoms with Crippen molar-refractivity contribution in [1.29, 1.82) is 0 Å². The van der Waals surface area contributed by atoms with Crippen LogP contribution in [0.15, 0.2) is 71.6 Å². The summed E-state index contributed by atoms with van der Waals surface area (Å²) in [4.78, 5) is 3.41. The fourth-order valence-electron chi connectivity index (χ4n) is 4.95. The Morgan fingerprint density at radius 1 is 1.03 bits per heavy atom. The molecule has 0 saturated carbocycles. The van der Waals surface area contributed by atoms with Crippen LogP contribution in [0.2, 0.25) is 0 Å². The third-order valence-electron chi connectivity index (χ3n) is 6.78. The Kier molecular flexibility index (Phi) is 6.61. The SMILES string of the molecule is C[C@H]1CCCN1[C@@H](C)COc1ccc([C@@H]2Oc3ccc(O)cc3S[C@@H]2c2cccc(O)c2)cc1. The summed E-state index contributed by atoms with van der Waals surface area (Å²) in [6, 6.07) is 21.6.